The monoisotopic (exact) mass is 403 g/mol. The molecule has 0 fully saturated rings. The van der Waals surface area contributed by atoms with Crippen LogP contribution in [0.2, 0.25) is 5.02 Å². The zero-order chi connectivity index (χ0) is 19.2. The van der Waals surface area contributed by atoms with Crippen molar-refractivity contribution in [2.24, 2.45) is 0 Å². The van der Waals surface area contributed by atoms with Gasteiger partial charge in [0.15, 0.2) is 0 Å². The molecule has 0 bridgehead atoms. The second-order valence-electron chi connectivity index (χ2n) is 5.53. The predicted molar refractivity (Wildman–Crippen MR) is 106 cm³/mol. The third kappa shape index (κ3) is 4.78. The van der Waals surface area contributed by atoms with E-state index >= 15 is 0 Å². The molecule has 3 rings (SSSR count). The molecule has 0 saturated carbocycles. The molecule has 3 aromatic rings. The summed E-state index contributed by atoms with van der Waals surface area (Å²) in [6.07, 6.45) is 0. The molecule has 27 heavy (non-hydrogen) atoms. The Hall–Kier alpha value is -2.58. The number of tetrazole rings is 1. The molecule has 1 amide bonds. The Labute approximate surface area is 166 Å². The van der Waals surface area contributed by atoms with Gasteiger partial charge in [-0.1, -0.05) is 35.5 Å². The quantitative estimate of drug-likeness (QED) is 0.603. The van der Waals surface area contributed by atoms with Gasteiger partial charge in [-0.15, -0.1) is 5.10 Å². The molecule has 0 radical (unpaired) electrons. The number of benzene rings is 2. The lowest BCUT2D eigenvalue weighted by atomic mass is 10.3. The van der Waals surface area contributed by atoms with Gasteiger partial charge in [-0.05, 0) is 60.7 Å². The van der Waals surface area contributed by atoms with Crippen LogP contribution >= 0.6 is 23.4 Å². The van der Waals surface area contributed by atoms with Gasteiger partial charge >= 0.3 is 0 Å². The lowest BCUT2D eigenvalue weighted by Gasteiger charge is -2.14. The molecule has 1 atom stereocenters. The van der Waals surface area contributed by atoms with Crippen LogP contribution in [0.25, 0.3) is 5.69 Å². The number of hydrogen-bond donors (Lipinski definition) is 1. The maximum absolute atomic E-state index is 12.6. The van der Waals surface area contributed by atoms with Crippen molar-refractivity contribution in [2.45, 2.75) is 24.3 Å². The number of hydrogen-bond acceptors (Lipinski definition) is 6. The van der Waals surface area contributed by atoms with Crippen molar-refractivity contribution < 1.29 is 9.53 Å². The first-order chi connectivity index (χ1) is 13.1. The van der Waals surface area contributed by atoms with Crippen molar-refractivity contribution >= 4 is 35.0 Å². The van der Waals surface area contributed by atoms with Crippen LogP contribution in [0, 0.1) is 0 Å². The zero-order valence-electron chi connectivity index (χ0n) is 14.8. The first kappa shape index (κ1) is 19.2. The van der Waals surface area contributed by atoms with Crippen molar-refractivity contribution in [3.63, 3.8) is 0 Å². The van der Waals surface area contributed by atoms with E-state index in [2.05, 4.69) is 20.8 Å². The summed E-state index contributed by atoms with van der Waals surface area (Å²) in [7, 11) is 0. The fraction of sp³-hybridized carbons (Fsp3) is 0.222. The van der Waals surface area contributed by atoms with Gasteiger partial charge in [-0.3, -0.25) is 4.79 Å². The molecule has 1 heterocycles. The minimum Gasteiger partial charge on any atom is -0.492 e. The summed E-state index contributed by atoms with van der Waals surface area (Å²) in [5, 5.41) is 15.3. The maximum Gasteiger partial charge on any atom is 0.237 e. The number of anilines is 1. The number of rotatable bonds is 7. The molecule has 0 aliphatic carbocycles. The van der Waals surface area contributed by atoms with Gasteiger partial charge < -0.3 is 10.1 Å². The van der Waals surface area contributed by atoms with Gasteiger partial charge in [0, 0.05) is 5.02 Å². The van der Waals surface area contributed by atoms with Crippen LogP contribution in [-0.4, -0.2) is 38.0 Å². The number of thioether (sulfide) groups is 1. The highest BCUT2D eigenvalue weighted by Crippen LogP contribution is 2.27. The average Bonchev–Trinajstić information content (AvgIpc) is 3.12. The van der Waals surface area contributed by atoms with Gasteiger partial charge in [0.2, 0.25) is 11.1 Å². The smallest absolute Gasteiger partial charge is 0.237 e. The van der Waals surface area contributed by atoms with Gasteiger partial charge in [0.05, 0.1) is 23.2 Å². The largest absolute Gasteiger partial charge is 0.492 e. The minimum atomic E-state index is -0.420. The summed E-state index contributed by atoms with van der Waals surface area (Å²) < 4.78 is 7.11. The molecule has 0 spiro atoms. The van der Waals surface area contributed by atoms with E-state index < -0.39 is 5.25 Å². The lowest BCUT2D eigenvalue weighted by molar-refractivity contribution is -0.115. The highest BCUT2D eigenvalue weighted by atomic mass is 35.5. The van der Waals surface area contributed by atoms with Gasteiger partial charge in [-0.2, -0.15) is 4.68 Å². The molecular formula is C18H18ClN5O2S. The van der Waals surface area contributed by atoms with Crippen LogP contribution in [-0.2, 0) is 4.79 Å². The van der Waals surface area contributed by atoms with Crippen molar-refractivity contribution in [3.8, 4) is 11.4 Å². The summed E-state index contributed by atoms with van der Waals surface area (Å²) in [6.45, 7) is 4.21. The fourth-order valence-electron chi connectivity index (χ4n) is 2.29. The van der Waals surface area contributed by atoms with E-state index in [1.165, 1.54) is 11.8 Å². The third-order valence-corrected chi connectivity index (χ3v) is 4.89. The van der Waals surface area contributed by atoms with Crippen LogP contribution in [0.3, 0.4) is 0 Å². The molecule has 1 N–H and O–H groups in total. The topological polar surface area (TPSA) is 81.9 Å². The third-order valence-electron chi connectivity index (χ3n) is 3.61. The van der Waals surface area contributed by atoms with E-state index in [1.54, 1.807) is 29.8 Å². The number of nitrogens with one attached hydrogen (secondary N) is 1. The number of nitrogens with zero attached hydrogens (tertiary/aromatic N) is 4. The number of carbonyl (C=O) groups is 1. The van der Waals surface area contributed by atoms with Crippen LogP contribution in [0.4, 0.5) is 5.69 Å². The Balaban J connectivity index is 1.71. The Kier molecular flexibility index (Phi) is 6.31. The minimum absolute atomic E-state index is 0.169. The molecule has 140 valence electrons. The Morgan fingerprint density at radius 2 is 2.00 bits per heavy atom. The predicted octanol–water partition coefficient (Wildman–Crippen LogP) is 3.83. The number of ether oxygens (including phenoxy) is 1. The zero-order valence-corrected chi connectivity index (χ0v) is 16.4. The van der Waals surface area contributed by atoms with Crippen molar-refractivity contribution in [3.05, 3.63) is 53.6 Å². The summed E-state index contributed by atoms with van der Waals surface area (Å²) >= 11 is 7.19. The molecular weight excluding hydrogens is 386 g/mol. The molecule has 1 aromatic heterocycles. The normalized spacial score (nSPS) is 11.8. The van der Waals surface area contributed by atoms with Gasteiger partial charge in [-0.25, -0.2) is 0 Å². The number of halogens is 1. The summed E-state index contributed by atoms with van der Waals surface area (Å²) in [4.78, 5) is 12.6. The SMILES string of the molecule is CCOc1ccccc1NC(=O)[C@H](C)Sc1nnnn1-c1ccc(Cl)cc1. The fourth-order valence-corrected chi connectivity index (χ4v) is 3.23. The van der Waals surface area contributed by atoms with Crippen molar-refractivity contribution in [1.82, 2.24) is 20.2 Å². The summed E-state index contributed by atoms with van der Waals surface area (Å²) in [6, 6.07) is 14.5. The lowest BCUT2D eigenvalue weighted by Crippen LogP contribution is -2.23. The van der Waals surface area contributed by atoms with E-state index in [-0.39, 0.29) is 5.91 Å². The van der Waals surface area contributed by atoms with E-state index in [0.717, 1.165) is 5.69 Å². The van der Waals surface area contributed by atoms with Crippen LogP contribution in [0.1, 0.15) is 13.8 Å². The first-order valence-electron chi connectivity index (χ1n) is 8.32. The second-order valence-corrected chi connectivity index (χ2v) is 7.27. The number of amides is 1. The van der Waals surface area contributed by atoms with E-state index in [4.69, 9.17) is 16.3 Å². The number of aromatic nitrogens is 4. The van der Waals surface area contributed by atoms with E-state index in [0.29, 0.717) is 28.2 Å². The first-order valence-corrected chi connectivity index (χ1v) is 9.58. The average molecular weight is 404 g/mol. The molecule has 7 nitrogen and oxygen atoms in total. The Morgan fingerprint density at radius 3 is 2.74 bits per heavy atom. The van der Waals surface area contributed by atoms with Crippen LogP contribution in [0.5, 0.6) is 5.75 Å². The Morgan fingerprint density at radius 1 is 1.26 bits per heavy atom. The van der Waals surface area contributed by atoms with Crippen LogP contribution < -0.4 is 10.1 Å². The van der Waals surface area contributed by atoms with Crippen molar-refractivity contribution in [2.75, 3.05) is 11.9 Å². The van der Waals surface area contributed by atoms with E-state index in [9.17, 15) is 4.79 Å². The Bertz CT molecular complexity index is 916. The standard InChI is InChI=1S/C18H18ClN5O2S/c1-3-26-16-7-5-4-6-15(16)20-17(25)12(2)27-18-21-22-23-24(18)14-10-8-13(19)9-11-14/h4-12H,3H2,1-2H3,(H,20,25)/t12-/m0/s1. The molecule has 0 unspecified atom stereocenters. The highest BCUT2D eigenvalue weighted by Gasteiger charge is 2.20. The van der Waals surface area contributed by atoms with E-state index in [1.807, 2.05) is 37.3 Å². The second kappa shape index (κ2) is 8.88. The molecule has 2 aromatic carbocycles. The molecule has 0 saturated heterocycles. The van der Waals surface area contributed by atoms with Gasteiger partial charge in [0.1, 0.15) is 5.75 Å². The molecule has 0 aliphatic heterocycles. The highest BCUT2D eigenvalue weighted by molar-refractivity contribution is 8.00. The molecule has 9 heteroatoms. The maximum atomic E-state index is 12.6. The van der Waals surface area contributed by atoms with Gasteiger partial charge in [0.25, 0.3) is 0 Å². The summed E-state index contributed by atoms with van der Waals surface area (Å²) in [5.74, 6) is 0.467. The molecule has 0 aliphatic rings. The summed E-state index contributed by atoms with van der Waals surface area (Å²) in [5.41, 5.74) is 1.40. The van der Waals surface area contributed by atoms with Crippen LogP contribution in [0.15, 0.2) is 53.7 Å². The number of para-hydroxylation sites is 2. The number of carbonyl (C=O) groups excluding carboxylic acids is 1. The van der Waals surface area contributed by atoms with Crippen molar-refractivity contribution in [1.29, 1.82) is 0 Å².